The molecule has 0 bridgehead atoms. The highest BCUT2D eigenvalue weighted by Crippen LogP contribution is 2.29. The van der Waals surface area contributed by atoms with Crippen LogP contribution >= 0.6 is 0 Å². The summed E-state index contributed by atoms with van der Waals surface area (Å²) >= 11 is 0. The Kier molecular flexibility index (Phi) is 4.47. The molecular weight excluding hydrogens is 264 g/mol. The lowest BCUT2D eigenvalue weighted by atomic mass is 9.97. The normalized spacial score (nSPS) is 12.7. The second-order valence-electron chi connectivity index (χ2n) is 5.73. The van der Waals surface area contributed by atoms with Crippen LogP contribution in [-0.4, -0.2) is 33.4 Å². The van der Waals surface area contributed by atoms with Gasteiger partial charge in [-0.2, -0.15) is 0 Å². The first-order valence-electron chi connectivity index (χ1n) is 5.98. The van der Waals surface area contributed by atoms with Crippen LogP contribution < -0.4 is 10.5 Å². The molecule has 0 saturated heterocycles. The van der Waals surface area contributed by atoms with Crippen molar-refractivity contribution < 1.29 is 13.2 Å². The Hall–Kier alpha value is -1.27. The van der Waals surface area contributed by atoms with Gasteiger partial charge in [0.1, 0.15) is 10.6 Å². The molecule has 0 unspecified atom stereocenters. The highest BCUT2D eigenvalue weighted by atomic mass is 32.2. The third kappa shape index (κ3) is 3.84. The largest absolute Gasteiger partial charge is 0.495 e. The van der Waals surface area contributed by atoms with E-state index in [0.29, 0.717) is 12.2 Å². The van der Waals surface area contributed by atoms with Gasteiger partial charge in [-0.25, -0.2) is 12.7 Å². The van der Waals surface area contributed by atoms with Crippen LogP contribution in [-0.2, 0) is 10.0 Å². The number of rotatable bonds is 4. The topological polar surface area (TPSA) is 72.6 Å². The molecule has 2 N–H and O–H groups in total. The van der Waals surface area contributed by atoms with E-state index >= 15 is 0 Å². The standard InChI is InChI=1S/C13H22N2O3S/c1-13(2,3)9-15(4)19(16,17)12-7-6-10(14)8-11(12)18-5/h6-8H,9,14H2,1-5H3. The van der Waals surface area contributed by atoms with Crippen LogP contribution in [0.15, 0.2) is 23.1 Å². The SMILES string of the molecule is COc1cc(N)ccc1S(=O)(=O)N(C)CC(C)(C)C. The maximum Gasteiger partial charge on any atom is 0.246 e. The van der Waals surface area contributed by atoms with Crippen LogP contribution in [0.5, 0.6) is 5.75 Å². The second kappa shape index (κ2) is 5.38. The smallest absolute Gasteiger partial charge is 0.246 e. The van der Waals surface area contributed by atoms with Crippen molar-refractivity contribution in [3.8, 4) is 5.75 Å². The van der Waals surface area contributed by atoms with E-state index < -0.39 is 10.0 Å². The Morgan fingerprint density at radius 2 is 1.89 bits per heavy atom. The zero-order chi connectivity index (χ0) is 14.8. The lowest BCUT2D eigenvalue weighted by Gasteiger charge is -2.26. The fourth-order valence-electron chi connectivity index (χ4n) is 1.82. The molecule has 0 radical (unpaired) electrons. The first-order chi connectivity index (χ1) is 8.58. The van der Waals surface area contributed by atoms with Gasteiger partial charge in [0.2, 0.25) is 10.0 Å². The molecule has 0 aliphatic carbocycles. The summed E-state index contributed by atoms with van der Waals surface area (Å²) in [5, 5.41) is 0. The molecular formula is C13H22N2O3S. The molecule has 6 heteroatoms. The van der Waals surface area contributed by atoms with Gasteiger partial charge < -0.3 is 10.5 Å². The monoisotopic (exact) mass is 286 g/mol. The minimum Gasteiger partial charge on any atom is -0.495 e. The molecule has 0 saturated carbocycles. The lowest BCUT2D eigenvalue weighted by molar-refractivity contribution is 0.309. The molecule has 1 rings (SSSR count). The number of anilines is 1. The summed E-state index contributed by atoms with van der Waals surface area (Å²) in [6.45, 7) is 6.38. The first kappa shape index (κ1) is 15.8. The summed E-state index contributed by atoms with van der Waals surface area (Å²) in [7, 11) is -0.585. The maximum atomic E-state index is 12.5. The number of benzene rings is 1. The molecule has 0 spiro atoms. The molecule has 108 valence electrons. The summed E-state index contributed by atoms with van der Waals surface area (Å²) in [6.07, 6.45) is 0. The predicted molar refractivity (Wildman–Crippen MR) is 76.7 cm³/mol. The van der Waals surface area contributed by atoms with E-state index in [-0.39, 0.29) is 16.1 Å². The van der Waals surface area contributed by atoms with Crippen molar-refractivity contribution in [1.29, 1.82) is 0 Å². The van der Waals surface area contributed by atoms with Crippen LogP contribution in [0.4, 0.5) is 5.69 Å². The van der Waals surface area contributed by atoms with Crippen LogP contribution in [0.25, 0.3) is 0 Å². The summed E-state index contributed by atoms with van der Waals surface area (Å²) in [6, 6.07) is 4.54. The number of hydrogen-bond donors (Lipinski definition) is 1. The van der Waals surface area contributed by atoms with E-state index in [0.717, 1.165) is 0 Å². The van der Waals surface area contributed by atoms with Gasteiger partial charge in [-0.3, -0.25) is 0 Å². The number of hydrogen-bond acceptors (Lipinski definition) is 4. The van der Waals surface area contributed by atoms with E-state index in [1.807, 2.05) is 20.8 Å². The van der Waals surface area contributed by atoms with E-state index in [2.05, 4.69) is 0 Å². The zero-order valence-corrected chi connectivity index (χ0v) is 12.9. The quantitative estimate of drug-likeness (QED) is 0.859. The van der Waals surface area contributed by atoms with Crippen molar-refractivity contribution in [3.63, 3.8) is 0 Å². The van der Waals surface area contributed by atoms with Crippen molar-refractivity contribution in [1.82, 2.24) is 4.31 Å². The Bertz CT molecular complexity index is 547. The van der Waals surface area contributed by atoms with Gasteiger partial charge in [0.05, 0.1) is 7.11 Å². The van der Waals surface area contributed by atoms with Gasteiger partial charge in [-0.15, -0.1) is 0 Å². The fourth-order valence-corrected chi connectivity index (χ4v) is 3.35. The summed E-state index contributed by atoms with van der Waals surface area (Å²) in [4.78, 5) is 0.135. The number of nitrogen functional groups attached to an aromatic ring is 1. The summed E-state index contributed by atoms with van der Waals surface area (Å²) in [5.74, 6) is 0.265. The van der Waals surface area contributed by atoms with Crippen molar-refractivity contribution in [2.45, 2.75) is 25.7 Å². The minimum atomic E-state index is -3.58. The third-order valence-electron chi connectivity index (χ3n) is 2.57. The average molecular weight is 286 g/mol. The highest BCUT2D eigenvalue weighted by molar-refractivity contribution is 7.89. The fraction of sp³-hybridized carbons (Fsp3) is 0.538. The Morgan fingerprint density at radius 3 is 2.37 bits per heavy atom. The molecule has 0 atom stereocenters. The van der Waals surface area contributed by atoms with Crippen molar-refractivity contribution in [2.75, 3.05) is 26.4 Å². The van der Waals surface area contributed by atoms with E-state index in [9.17, 15) is 8.42 Å². The van der Waals surface area contributed by atoms with Gasteiger partial charge in [0.25, 0.3) is 0 Å². The van der Waals surface area contributed by atoms with Gasteiger partial charge in [-0.1, -0.05) is 20.8 Å². The third-order valence-corrected chi connectivity index (χ3v) is 4.42. The van der Waals surface area contributed by atoms with Crippen LogP contribution in [0.1, 0.15) is 20.8 Å². The predicted octanol–water partition coefficient (Wildman–Crippen LogP) is 1.94. The molecule has 5 nitrogen and oxygen atoms in total. The minimum absolute atomic E-state index is 0.122. The van der Waals surface area contributed by atoms with Crippen molar-refractivity contribution in [2.24, 2.45) is 5.41 Å². The molecule has 19 heavy (non-hydrogen) atoms. The Labute approximate surface area is 115 Å². The molecule has 1 aromatic carbocycles. The Morgan fingerprint density at radius 1 is 1.32 bits per heavy atom. The number of sulfonamides is 1. The molecule has 0 amide bonds. The van der Waals surface area contributed by atoms with Gasteiger partial charge >= 0.3 is 0 Å². The maximum absolute atomic E-state index is 12.5. The molecule has 0 heterocycles. The number of methoxy groups -OCH3 is 1. The first-order valence-corrected chi connectivity index (χ1v) is 7.42. The van der Waals surface area contributed by atoms with Crippen molar-refractivity contribution >= 4 is 15.7 Å². The van der Waals surface area contributed by atoms with Gasteiger partial charge in [0.15, 0.2) is 0 Å². The van der Waals surface area contributed by atoms with E-state index in [4.69, 9.17) is 10.5 Å². The van der Waals surface area contributed by atoms with Gasteiger partial charge in [-0.05, 0) is 17.5 Å². The lowest BCUT2D eigenvalue weighted by Crippen LogP contribution is -2.34. The molecule has 0 fully saturated rings. The Balaban J connectivity index is 3.20. The molecule has 1 aromatic rings. The van der Waals surface area contributed by atoms with Crippen molar-refractivity contribution in [3.05, 3.63) is 18.2 Å². The van der Waals surface area contributed by atoms with Crippen LogP contribution in [0, 0.1) is 5.41 Å². The van der Waals surface area contributed by atoms with Crippen LogP contribution in [0.2, 0.25) is 0 Å². The highest BCUT2D eigenvalue weighted by Gasteiger charge is 2.27. The zero-order valence-electron chi connectivity index (χ0n) is 12.1. The molecule has 0 aliphatic heterocycles. The van der Waals surface area contributed by atoms with Gasteiger partial charge in [0, 0.05) is 25.3 Å². The second-order valence-corrected chi connectivity index (χ2v) is 7.75. The number of nitrogens with zero attached hydrogens (tertiary/aromatic N) is 1. The summed E-state index contributed by atoms with van der Waals surface area (Å²) < 4.78 is 31.5. The average Bonchev–Trinajstić information content (AvgIpc) is 2.26. The van der Waals surface area contributed by atoms with Crippen LogP contribution in [0.3, 0.4) is 0 Å². The molecule has 0 aromatic heterocycles. The summed E-state index contributed by atoms with van der Waals surface area (Å²) in [5.41, 5.74) is 5.98. The number of ether oxygens (including phenoxy) is 1. The van der Waals surface area contributed by atoms with E-state index in [1.165, 1.54) is 23.5 Å². The number of nitrogens with two attached hydrogens (primary N) is 1. The van der Waals surface area contributed by atoms with E-state index in [1.54, 1.807) is 13.1 Å². The molecule has 0 aliphatic rings.